The van der Waals surface area contributed by atoms with Crippen LogP contribution in [-0.2, 0) is 14.8 Å². The van der Waals surface area contributed by atoms with E-state index in [0.717, 1.165) is 11.4 Å². The molecule has 2 aromatic rings. The summed E-state index contributed by atoms with van der Waals surface area (Å²) in [7, 11) is -2.04. The molecule has 2 saturated heterocycles. The van der Waals surface area contributed by atoms with Gasteiger partial charge in [-0.25, -0.2) is 8.42 Å². The molecule has 0 bridgehead atoms. The Morgan fingerprint density at radius 3 is 2.34 bits per heavy atom. The average Bonchev–Trinajstić information content (AvgIpc) is 3.13. The van der Waals surface area contributed by atoms with E-state index in [1.165, 1.54) is 4.31 Å². The number of piperazine rings is 1. The molecule has 2 aliphatic heterocycles. The van der Waals surface area contributed by atoms with Crippen molar-refractivity contribution in [2.75, 3.05) is 64.5 Å². The minimum atomic E-state index is -3.69. The molecule has 174 valence electrons. The fourth-order valence-corrected chi connectivity index (χ4v) is 6.26. The fourth-order valence-electron chi connectivity index (χ4n) is 4.45. The first kappa shape index (κ1) is 22.6. The second-order valence-corrected chi connectivity index (χ2v) is 9.92. The van der Waals surface area contributed by atoms with Crippen molar-refractivity contribution in [3.63, 3.8) is 0 Å². The molecule has 10 heteroatoms. The summed E-state index contributed by atoms with van der Waals surface area (Å²) in [5, 5.41) is 0. The zero-order valence-corrected chi connectivity index (χ0v) is 19.6. The van der Waals surface area contributed by atoms with Crippen LogP contribution < -0.4 is 9.64 Å². The quantitative estimate of drug-likeness (QED) is 0.726. The van der Waals surface area contributed by atoms with Crippen LogP contribution in [0.1, 0.15) is 21.7 Å². The van der Waals surface area contributed by atoms with Gasteiger partial charge in [-0.05, 0) is 31.5 Å². The van der Waals surface area contributed by atoms with Gasteiger partial charge in [0.15, 0.2) is 0 Å². The smallest absolute Gasteiger partial charge is 0.270 e. The molecule has 3 heterocycles. The Bertz CT molecular complexity index is 1080. The summed E-state index contributed by atoms with van der Waals surface area (Å²) >= 11 is 0. The third-order valence-electron chi connectivity index (χ3n) is 6.14. The number of ether oxygens (including phenoxy) is 2. The Kier molecular flexibility index (Phi) is 6.45. The number of carbonyl (C=O) groups excluding carboxylic acids is 1. The van der Waals surface area contributed by atoms with Crippen molar-refractivity contribution in [1.29, 1.82) is 0 Å². The maximum absolute atomic E-state index is 13.3. The summed E-state index contributed by atoms with van der Waals surface area (Å²) in [5.74, 6) is 0.634. The number of aryl methyl sites for hydroxylation is 1. The average molecular weight is 463 g/mol. The normalized spacial score (nSPS) is 18.1. The number of hydrogen-bond acceptors (Lipinski definition) is 6. The fraction of sp³-hybridized carbons (Fsp3) is 0.500. The Hall–Kier alpha value is -2.56. The molecule has 0 radical (unpaired) electrons. The van der Waals surface area contributed by atoms with Crippen LogP contribution in [0.15, 0.2) is 29.2 Å². The highest BCUT2D eigenvalue weighted by Crippen LogP contribution is 2.30. The third-order valence-corrected chi connectivity index (χ3v) is 8.32. The van der Waals surface area contributed by atoms with Gasteiger partial charge in [0.1, 0.15) is 16.3 Å². The second-order valence-electron chi connectivity index (χ2n) is 8.05. The van der Waals surface area contributed by atoms with Crippen molar-refractivity contribution in [1.82, 2.24) is 14.2 Å². The van der Waals surface area contributed by atoms with Crippen LogP contribution in [0.2, 0.25) is 0 Å². The number of H-pyrrole nitrogens is 1. The lowest BCUT2D eigenvalue weighted by atomic mass is 10.2. The number of sulfonamides is 1. The highest BCUT2D eigenvalue weighted by Gasteiger charge is 2.34. The molecule has 0 saturated carbocycles. The highest BCUT2D eigenvalue weighted by atomic mass is 32.2. The van der Waals surface area contributed by atoms with Crippen LogP contribution in [0.3, 0.4) is 0 Å². The lowest BCUT2D eigenvalue weighted by Crippen LogP contribution is -2.49. The molecular weight excluding hydrogens is 432 g/mol. The summed E-state index contributed by atoms with van der Waals surface area (Å²) in [6.07, 6.45) is 0. The second kappa shape index (κ2) is 9.13. The number of carbonyl (C=O) groups is 1. The van der Waals surface area contributed by atoms with Crippen molar-refractivity contribution in [2.24, 2.45) is 0 Å². The van der Waals surface area contributed by atoms with E-state index >= 15 is 0 Å². The number of hydrogen-bond donors (Lipinski definition) is 1. The Balaban J connectivity index is 1.51. The molecule has 0 spiro atoms. The summed E-state index contributed by atoms with van der Waals surface area (Å²) in [5.41, 5.74) is 2.32. The van der Waals surface area contributed by atoms with Gasteiger partial charge < -0.3 is 24.3 Å². The number of aromatic nitrogens is 1. The molecule has 2 fully saturated rings. The lowest BCUT2D eigenvalue weighted by molar-refractivity contribution is 0.0729. The van der Waals surface area contributed by atoms with Gasteiger partial charge in [0.2, 0.25) is 10.0 Å². The highest BCUT2D eigenvalue weighted by molar-refractivity contribution is 7.89. The van der Waals surface area contributed by atoms with Gasteiger partial charge in [-0.2, -0.15) is 4.31 Å². The minimum Gasteiger partial charge on any atom is -0.495 e. The number of benzene rings is 1. The summed E-state index contributed by atoms with van der Waals surface area (Å²) in [6, 6.07) is 7.84. The van der Waals surface area contributed by atoms with E-state index in [1.54, 1.807) is 25.9 Å². The van der Waals surface area contributed by atoms with Gasteiger partial charge in [0.25, 0.3) is 5.91 Å². The largest absolute Gasteiger partial charge is 0.495 e. The zero-order valence-electron chi connectivity index (χ0n) is 18.8. The van der Waals surface area contributed by atoms with Gasteiger partial charge >= 0.3 is 0 Å². The zero-order chi connectivity index (χ0) is 22.9. The Morgan fingerprint density at radius 1 is 1.03 bits per heavy atom. The van der Waals surface area contributed by atoms with Crippen molar-refractivity contribution < 1.29 is 22.7 Å². The number of nitrogens with zero attached hydrogens (tertiary/aromatic N) is 3. The predicted molar refractivity (Wildman–Crippen MR) is 121 cm³/mol. The molecule has 4 rings (SSSR count). The van der Waals surface area contributed by atoms with Gasteiger partial charge in [-0.1, -0.05) is 12.1 Å². The van der Waals surface area contributed by atoms with Crippen LogP contribution in [0, 0.1) is 13.8 Å². The number of anilines is 1. The topological polar surface area (TPSA) is 95.2 Å². The molecule has 1 N–H and O–H groups in total. The molecule has 0 atom stereocenters. The van der Waals surface area contributed by atoms with E-state index in [4.69, 9.17) is 9.47 Å². The van der Waals surface area contributed by atoms with E-state index in [-0.39, 0.29) is 10.8 Å². The van der Waals surface area contributed by atoms with Crippen molar-refractivity contribution in [3.8, 4) is 5.75 Å². The molecule has 32 heavy (non-hydrogen) atoms. The monoisotopic (exact) mass is 462 g/mol. The van der Waals surface area contributed by atoms with E-state index in [1.807, 2.05) is 24.3 Å². The van der Waals surface area contributed by atoms with E-state index in [9.17, 15) is 13.2 Å². The number of morpholine rings is 1. The van der Waals surface area contributed by atoms with E-state index in [2.05, 4.69) is 9.88 Å². The number of rotatable bonds is 5. The SMILES string of the molecule is COc1ccccc1N1CCN(C(=O)c2[nH]c(C)c(S(=O)(=O)N3CCOCC3)c2C)CC1. The maximum Gasteiger partial charge on any atom is 0.270 e. The maximum atomic E-state index is 13.3. The first-order valence-electron chi connectivity index (χ1n) is 10.8. The molecular formula is C22H30N4O5S. The first-order chi connectivity index (χ1) is 15.3. The molecule has 2 aliphatic rings. The number of methoxy groups -OCH3 is 1. The van der Waals surface area contributed by atoms with Crippen molar-refractivity contribution in [2.45, 2.75) is 18.7 Å². The van der Waals surface area contributed by atoms with E-state index in [0.29, 0.717) is 69.4 Å². The minimum absolute atomic E-state index is 0.172. The molecule has 1 aromatic carbocycles. The van der Waals surface area contributed by atoms with Gasteiger partial charge in [-0.3, -0.25) is 4.79 Å². The van der Waals surface area contributed by atoms with Gasteiger partial charge in [0, 0.05) is 45.0 Å². The molecule has 0 aliphatic carbocycles. The van der Waals surface area contributed by atoms with E-state index < -0.39 is 10.0 Å². The summed E-state index contributed by atoms with van der Waals surface area (Å²) in [4.78, 5) is 20.5. The third kappa shape index (κ3) is 4.10. The number of aromatic amines is 1. The molecule has 9 nitrogen and oxygen atoms in total. The van der Waals surface area contributed by atoms with Crippen molar-refractivity contribution in [3.05, 3.63) is 41.2 Å². The Morgan fingerprint density at radius 2 is 1.69 bits per heavy atom. The van der Waals surface area contributed by atoms with Crippen LogP contribution in [0.5, 0.6) is 5.75 Å². The molecule has 1 aromatic heterocycles. The molecule has 1 amide bonds. The van der Waals surface area contributed by atoms with Gasteiger partial charge in [-0.15, -0.1) is 0 Å². The van der Waals surface area contributed by atoms with Crippen LogP contribution in [0.25, 0.3) is 0 Å². The predicted octanol–water partition coefficient (Wildman–Crippen LogP) is 1.62. The van der Waals surface area contributed by atoms with Crippen LogP contribution in [0.4, 0.5) is 5.69 Å². The van der Waals surface area contributed by atoms with Crippen LogP contribution in [-0.4, -0.2) is 88.1 Å². The number of para-hydroxylation sites is 2. The number of amides is 1. The van der Waals surface area contributed by atoms with Crippen LogP contribution >= 0.6 is 0 Å². The standard InChI is InChI=1S/C22H30N4O5S/c1-16-20(23-17(2)21(16)32(28,29)26-12-14-31-15-13-26)22(27)25-10-8-24(9-11-25)18-6-4-5-7-19(18)30-3/h4-7,23H,8-15H2,1-3H3. The summed E-state index contributed by atoms with van der Waals surface area (Å²) < 4.78 is 38.6. The Labute approximate surface area is 188 Å². The summed E-state index contributed by atoms with van der Waals surface area (Å²) in [6.45, 7) is 7.23. The first-order valence-corrected chi connectivity index (χ1v) is 12.2. The number of nitrogens with one attached hydrogen (secondary N) is 1. The van der Waals surface area contributed by atoms with Gasteiger partial charge in [0.05, 0.1) is 26.0 Å². The van der Waals surface area contributed by atoms with Crippen molar-refractivity contribution >= 4 is 21.6 Å². The lowest BCUT2D eigenvalue weighted by Gasteiger charge is -2.36. The molecule has 0 unspecified atom stereocenters.